The van der Waals surface area contributed by atoms with Crippen LogP contribution >= 0.6 is 0 Å². The molecule has 3 aliphatic rings. The number of carbonyl (C=O) groups is 1. The molecule has 4 rings (SSSR count). The van der Waals surface area contributed by atoms with Crippen molar-refractivity contribution in [2.45, 2.75) is 25.7 Å². The predicted octanol–water partition coefficient (Wildman–Crippen LogP) is 1.34. The summed E-state index contributed by atoms with van der Waals surface area (Å²) < 4.78 is 10.8. The first-order valence-electron chi connectivity index (χ1n) is 9.19. The molecule has 1 spiro atoms. The van der Waals surface area contributed by atoms with E-state index in [4.69, 9.17) is 9.47 Å². The molecule has 0 saturated carbocycles. The lowest BCUT2D eigenvalue weighted by molar-refractivity contribution is -0.139. The minimum absolute atomic E-state index is 0.00386. The lowest BCUT2D eigenvalue weighted by Gasteiger charge is -2.38. The molecule has 1 aromatic heterocycles. The second kappa shape index (κ2) is 6.78. The zero-order valence-electron chi connectivity index (χ0n) is 14.8. The maximum absolute atomic E-state index is 13.2. The number of nitrogens with zero attached hydrogens (tertiary/aromatic N) is 4. The van der Waals surface area contributed by atoms with Gasteiger partial charge in [0.05, 0.1) is 13.0 Å². The van der Waals surface area contributed by atoms with Gasteiger partial charge in [0, 0.05) is 50.9 Å². The SMILES string of the molecule is COc1cc(N2CC(C(=O)N3CCCC3)C3(CCOCC3)C2)ncn1. The first kappa shape index (κ1) is 16.6. The van der Waals surface area contributed by atoms with Gasteiger partial charge in [0.25, 0.3) is 0 Å². The summed E-state index contributed by atoms with van der Waals surface area (Å²) in [7, 11) is 1.61. The fraction of sp³-hybridized carbons (Fsp3) is 0.722. The van der Waals surface area contributed by atoms with Gasteiger partial charge in [-0.25, -0.2) is 9.97 Å². The molecule has 0 aromatic carbocycles. The van der Waals surface area contributed by atoms with Gasteiger partial charge in [-0.1, -0.05) is 0 Å². The highest BCUT2D eigenvalue weighted by Crippen LogP contribution is 2.46. The van der Waals surface area contributed by atoms with Crippen molar-refractivity contribution in [3.05, 3.63) is 12.4 Å². The number of hydrogen-bond acceptors (Lipinski definition) is 6. The summed E-state index contributed by atoms with van der Waals surface area (Å²) in [6, 6.07) is 1.86. The van der Waals surface area contributed by atoms with Crippen molar-refractivity contribution in [3.8, 4) is 5.88 Å². The van der Waals surface area contributed by atoms with E-state index in [1.165, 1.54) is 6.33 Å². The van der Waals surface area contributed by atoms with Crippen molar-refractivity contribution in [1.29, 1.82) is 0 Å². The molecule has 1 atom stereocenters. The zero-order valence-corrected chi connectivity index (χ0v) is 14.8. The molecule has 3 fully saturated rings. The number of aromatic nitrogens is 2. The van der Waals surface area contributed by atoms with Gasteiger partial charge in [-0.05, 0) is 25.7 Å². The molecule has 1 amide bonds. The number of methoxy groups -OCH3 is 1. The molecule has 0 radical (unpaired) electrons. The lowest BCUT2D eigenvalue weighted by Crippen LogP contribution is -2.45. The second-order valence-corrected chi connectivity index (χ2v) is 7.36. The molecular weight excluding hydrogens is 320 g/mol. The first-order chi connectivity index (χ1) is 12.2. The number of ether oxygens (including phenoxy) is 2. The Balaban J connectivity index is 1.60. The standard InChI is InChI=1S/C18H26N4O3/c1-24-16-10-15(19-13-20-16)22-11-14(17(23)21-6-2-3-7-21)18(12-22)4-8-25-9-5-18/h10,13-14H,2-9,11-12H2,1H3. The molecule has 0 bridgehead atoms. The van der Waals surface area contributed by atoms with E-state index < -0.39 is 0 Å². The van der Waals surface area contributed by atoms with Crippen LogP contribution < -0.4 is 9.64 Å². The third-order valence-corrected chi connectivity index (χ3v) is 6.01. The van der Waals surface area contributed by atoms with Crippen LogP contribution in [-0.2, 0) is 9.53 Å². The van der Waals surface area contributed by atoms with Gasteiger partial charge >= 0.3 is 0 Å². The molecule has 136 valence electrons. The normalized spacial score (nSPS) is 25.6. The van der Waals surface area contributed by atoms with E-state index in [1.807, 2.05) is 6.07 Å². The van der Waals surface area contributed by atoms with Crippen LogP contribution in [0.5, 0.6) is 5.88 Å². The van der Waals surface area contributed by atoms with Crippen LogP contribution in [0.15, 0.2) is 12.4 Å². The van der Waals surface area contributed by atoms with Gasteiger partial charge in [-0.3, -0.25) is 4.79 Å². The molecule has 3 saturated heterocycles. The minimum Gasteiger partial charge on any atom is -0.481 e. The number of amides is 1. The fourth-order valence-electron chi connectivity index (χ4n) is 4.54. The Morgan fingerprint density at radius 1 is 1.28 bits per heavy atom. The van der Waals surface area contributed by atoms with Crippen LogP contribution in [0.25, 0.3) is 0 Å². The Kier molecular flexibility index (Phi) is 4.50. The van der Waals surface area contributed by atoms with Gasteiger partial charge in [0.1, 0.15) is 12.1 Å². The van der Waals surface area contributed by atoms with Crippen molar-refractivity contribution in [2.24, 2.45) is 11.3 Å². The van der Waals surface area contributed by atoms with E-state index in [0.717, 1.165) is 70.9 Å². The predicted molar refractivity (Wildman–Crippen MR) is 92.6 cm³/mol. The summed E-state index contributed by atoms with van der Waals surface area (Å²) in [5.41, 5.74) is -0.00386. The first-order valence-corrected chi connectivity index (χ1v) is 9.19. The monoisotopic (exact) mass is 346 g/mol. The number of likely N-dealkylation sites (tertiary alicyclic amines) is 1. The molecule has 1 unspecified atom stereocenters. The van der Waals surface area contributed by atoms with E-state index >= 15 is 0 Å². The van der Waals surface area contributed by atoms with Crippen molar-refractivity contribution in [3.63, 3.8) is 0 Å². The Hall–Kier alpha value is -1.89. The molecular formula is C18H26N4O3. The molecule has 7 nitrogen and oxygen atoms in total. The van der Waals surface area contributed by atoms with Crippen LogP contribution in [0.4, 0.5) is 5.82 Å². The van der Waals surface area contributed by atoms with Crippen molar-refractivity contribution < 1.29 is 14.3 Å². The summed E-state index contributed by atoms with van der Waals surface area (Å²) in [5, 5.41) is 0. The topological polar surface area (TPSA) is 67.8 Å². The summed E-state index contributed by atoms with van der Waals surface area (Å²) >= 11 is 0. The number of anilines is 1. The van der Waals surface area contributed by atoms with E-state index in [9.17, 15) is 4.79 Å². The van der Waals surface area contributed by atoms with E-state index in [0.29, 0.717) is 11.8 Å². The van der Waals surface area contributed by atoms with Crippen LogP contribution in [0.2, 0.25) is 0 Å². The van der Waals surface area contributed by atoms with Crippen LogP contribution in [0, 0.1) is 11.3 Å². The number of carbonyl (C=O) groups excluding carboxylic acids is 1. The minimum atomic E-state index is -0.00386. The van der Waals surface area contributed by atoms with E-state index in [2.05, 4.69) is 19.8 Å². The smallest absolute Gasteiger partial charge is 0.228 e. The average Bonchev–Trinajstić information content (AvgIpc) is 3.31. The molecule has 7 heteroatoms. The Labute approximate surface area is 148 Å². The highest BCUT2D eigenvalue weighted by molar-refractivity contribution is 5.81. The maximum atomic E-state index is 13.2. The quantitative estimate of drug-likeness (QED) is 0.823. The Morgan fingerprint density at radius 2 is 2.04 bits per heavy atom. The van der Waals surface area contributed by atoms with Crippen molar-refractivity contribution in [1.82, 2.24) is 14.9 Å². The summed E-state index contributed by atoms with van der Waals surface area (Å²) in [6.07, 6.45) is 5.66. The Bertz CT molecular complexity index is 627. The summed E-state index contributed by atoms with van der Waals surface area (Å²) in [6.45, 7) is 4.86. The third kappa shape index (κ3) is 3.05. The van der Waals surface area contributed by atoms with Gasteiger partial charge in [0.15, 0.2) is 0 Å². The van der Waals surface area contributed by atoms with Gasteiger partial charge < -0.3 is 19.3 Å². The maximum Gasteiger partial charge on any atom is 0.228 e. The molecule has 4 heterocycles. The zero-order chi connectivity index (χ0) is 17.3. The van der Waals surface area contributed by atoms with Gasteiger partial charge in [-0.2, -0.15) is 0 Å². The van der Waals surface area contributed by atoms with Crippen LogP contribution in [-0.4, -0.2) is 67.3 Å². The summed E-state index contributed by atoms with van der Waals surface area (Å²) in [5.74, 6) is 1.74. The average molecular weight is 346 g/mol. The molecule has 0 N–H and O–H groups in total. The van der Waals surface area contributed by atoms with E-state index in [-0.39, 0.29) is 11.3 Å². The van der Waals surface area contributed by atoms with Gasteiger partial charge in [0.2, 0.25) is 11.8 Å². The van der Waals surface area contributed by atoms with E-state index in [1.54, 1.807) is 7.11 Å². The highest BCUT2D eigenvalue weighted by atomic mass is 16.5. The third-order valence-electron chi connectivity index (χ3n) is 6.01. The van der Waals surface area contributed by atoms with Gasteiger partial charge in [-0.15, -0.1) is 0 Å². The summed E-state index contributed by atoms with van der Waals surface area (Å²) in [4.78, 5) is 26.0. The lowest BCUT2D eigenvalue weighted by atomic mass is 9.71. The molecule has 25 heavy (non-hydrogen) atoms. The number of rotatable bonds is 3. The van der Waals surface area contributed by atoms with Crippen LogP contribution in [0.3, 0.4) is 0 Å². The largest absolute Gasteiger partial charge is 0.481 e. The second-order valence-electron chi connectivity index (χ2n) is 7.36. The van der Waals surface area contributed by atoms with Crippen LogP contribution in [0.1, 0.15) is 25.7 Å². The van der Waals surface area contributed by atoms with Crippen molar-refractivity contribution in [2.75, 3.05) is 51.4 Å². The number of hydrogen-bond donors (Lipinski definition) is 0. The fourth-order valence-corrected chi connectivity index (χ4v) is 4.54. The Morgan fingerprint density at radius 3 is 2.76 bits per heavy atom. The van der Waals surface area contributed by atoms with Crippen molar-refractivity contribution >= 4 is 11.7 Å². The molecule has 1 aromatic rings. The molecule has 3 aliphatic heterocycles. The highest BCUT2D eigenvalue weighted by Gasteiger charge is 2.52. The molecule has 0 aliphatic carbocycles.